The molecule has 0 spiro atoms. The molecule has 7 nitrogen and oxygen atoms in total. The molecular formula is C18H19N3O4S. The smallest absolute Gasteiger partial charge is 0.247 e. The zero-order chi connectivity index (χ0) is 18.1. The minimum Gasteiger partial charge on any atom is -0.490 e. The first-order chi connectivity index (χ1) is 12.5. The summed E-state index contributed by atoms with van der Waals surface area (Å²) in [6, 6.07) is 9.74. The van der Waals surface area contributed by atoms with Gasteiger partial charge in [-0.05, 0) is 36.2 Å². The zero-order valence-electron chi connectivity index (χ0n) is 14.0. The number of fused-ring (bicyclic) bond motifs is 2. The van der Waals surface area contributed by atoms with Crippen LogP contribution < -0.4 is 10.1 Å². The van der Waals surface area contributed by atoms with Crippen LogP contribution in [0.5, 0.6) is 5.75 Å². The lowest BCUT2D eigenvalue weighted by Gasteiger charge is -2.19. The lowest BCUT2D eigenvalue weighted by atomic mass is 10.1. The number of hydrogen-bond acceptors (Lipinski definition) is 5. The highest BCUT2D eigenvalue weighted by molar-refractivity contribution is 7.89. The van der Waals surface area contributed by atoms with Crippen molar-refractivity contribution in [3.8, 4) is 5.75 Å². The lowest BCUT2D eigenvalue weighted by Crippen LogP contribution is -2.40. The Morgan fingerprint density at radius 3 is 2.81 bits per heavy atom. The Balaban J connectivity index is 1.47. The zero-order valence-corrected chi connectivity index (χ0v) is 14.9. The third-order valence-corrected chi connectivity index (χ3v) is 6.67. The van der Waals surface area contributed by atoms with E-state index in [-0.39, 0.29) is 42.5 Å². The summed E-state index contributed by atoms with van der Waals surface area (Å²) in [5.74, 6) is 0.262. The summed E-state index contributed by atoms with van der Waals surface area (Å²) >= 11 is 0. The van der Waals surface area contributed by atoms with Crippen LogP contribution >= 0.6 is 0 Å². The summed E-state index contributed by atoms with van der Waals surface area (Å²) in [5.41, 5.74) is 0.870. The number of aromatic nitrogens is 1. The minimum absolute atomic E-state index is 0.127. The first-order valence-electron chi connectivity index (χ1n) is 8.46. The maximum absolute atomic E-state index is 13.0. The second kappa shape index (κ2) is 6.69. The van der Waals surface area contributed by atoms with E-state index in [1.807, 2.05) is 0 Å². The van der Waals surface area contributed by atoms with E-state index in [0.717, 1.165) is 5.56 Å². The summed E-state index contributed by atoms with van der Waals surface area (Å²) in [4.78, 5) is 16.4. The van der Waals surface area contributed by atoms with Crippen LogP contribution in [0.1, 0.15) is 12.0 Å². The normalized spacial score (nSPS) is 24.0. The number of para-hydroxylation sites is 1. The van der Waals surface area contributed by atoms with Gasteiger partial charge in [-0.3, -0.25) is 9.78 Å². The molecule has 2 atom stereocenters. The van der Waals surface area contributed by atoms with Crippen LogP contribution in [0, 0.1) is 0 Å². The van der Waals surface area contributed by atoms with E-state index >= 15 is 0 Å². The van der Waals surface area contributed by atoms with Gasteiger partial charge in [0.2, 0.25) is 15.9 Å². The fourth-order valence-electron chi connectivity index (χ4n) is 3.50. The molecule has 4 rings (SSSR count). The minimum atomic E-state index is -3.63. The van der Waals surface area contributed by atoms with Crippen LogP contribution in [-0.2, 0) is 21.2 Å². The largest absolute Gasteiger partial charge is 0.490 e. The SMILES string of the molecule is O=C(Cc1ccncc1)N[C@H]1C[C@H]2COc3ccccc3S(=O)(=O)N2C1. The second-order valence-corrected chi connectivity index (χ2v) is 8.38. The topological polar surface area (TPSA) is 88.6 Å². The molecule has 1 amide bonds. The molecule has 1 aromatic carbocycles. The van der Waals surface area contributed by atoms with Crippen molar-refractivity contribution >= 4 is 15.9 Å². The van der Waals surface area contributed by atoms with Crippen molar-refractivity contribution in [1.82, 2.24) is 14.6 Å². The summed E-state index contributed by atoms with van der Waals surface area (Å²) in [6.45, 7) is 0.541. The molecule has 26 heavy (non-hydrogen) atoms. The van der Waals surface area contributed by atoms with E-state index in [0.29, 0.717) is 12.2 Å². The number of carbonyl (C=O) groups excluding carboxylic acids is 1. The van der Waals surface area contributed by atoms with E-state index in [1.54, 1.807) is 48.8 Å². The molecule has 1 fully saturated rings. The first-order valence-corrected chi connectivity index (χ1v) is 9.90. The predicted molar refractivity (Wildman–Crippen MR) is 94.1 cm³/mol. The number of ether oxygens (including phenoxy) is 1. The average molecular weight is 373 g/mol. The van der Waals surface area contributed by atoms with E-state index < -0.39 is 10.0 Å². The van der Waals surface area contributed by atoms with Gasteiger partial charge in [0.1, 0.15) is 17.3 Å². The lowest BCUT2D eigenvalue weighted by molar-refractivity contribution is -0.121. The highest BCUT2D eigenvalue weighted by Crippen LogP contribution is 2.35. The van der Waals surface area contributed by atoms with Gasteiger partial charge in [-0.1, -0.05) is 12.1 Å². The van der Waals surface area contributed by atoms with Gasteiger partial charge in [0.05, 0.1) is 12.5 Å². The predicted octanol–water partition coefficient (Wildman–Crippen LogP) is 0.965. The van der Waals surface area contributed by atoms with Gasteiger partial charge < -0.3 is 10.1 Å². The third-order valence-electron chi connectivity index (χ3n) is 4.71. The average Bonchev–Trinajstić information content (AvgIpc) is 3.00. The monoisotopic (exact) mass is 373 g/mol. The van der Waals surface area contributed by atoms with Gasteiger partial charge >= 0.3 is 0 Å². The number of benzene rings is 1. The van der Waals surface area contributed by atoms with Crippen LogP contribution in [0.15, 0.2) is 53.7 Å². The fraction of sp³-hybridized carbons (Fsp3) is 0.333. The Labute approximate surface area is 152 Å². The van der Waals surface area contributed by atoms with Crippen LogP contribution in [0.4, 0.5) is 0 Å². The molecule has 136 valence electrons. The third kappa shape index (κ3) is 3.17. The Kier molecular flexibility index (Phi) is 4.37. The van der Waals surface area contributed by atoms with Crippen LogP contribution in [-0.4, -0.2) is 48.8 Å². The van der Waals surface area contributed by atoms with Gasteiger partial charge in [-0.2, -0.15) is 4.31 Å². The van der Waals surface area contributed by atoms with Crippen molar-refractivity contribution in [3.05, 3.63) is 54.4 Å². The summed E-state index contributed by atoms with van der Waals surface area (Å²) in [7, 11) is -3.63. The molecule has 0 unspecified atom stereocenters. The Morgan fingerprint density at radius 2 is 2.00 bits per heavy atom. The van der Waals surface area contributed by atoms with Gasteiger partial charge in [0.25, 0.3) is 0 Å². The number of rotatable bonds is 3. The molecule has 0 bridgehead atoms. The first kappa shape index (κ1) is 17.0. The Hall–Kier alpha value is -2.45. The van der Waals surface area contributed by atoms with E-state index in [4.69, 9.17) is 4.74 Å². The van der Waals surface area contributed by atoms with Crippen molar-refractivity contribution in [3.63, 3.8) is 0 Å². The van der Waals surface area contributed by atoms with Crippen molar-refractivity contribution < 1.29 is 17.9 Å². The Morgan fingerprint density at radius 1 is 1.23 bits per heavy atom. The van der Waals surface area contributed by atoms with Crippen molar-refractivity contribution in [2.45, 2.75) is 29.8 Å². The fourth-order valence-corrected chi connectivity index (χ4v) is 5.30. The van der Waals surface area contributed by atoms with E-state index in [2.05, 4.69) is 10.3 Å². The molecule has 1 aromatic heterocycles. The number of amides is 1. The van der Waals surface area contributed by atoms with Gasteiger partial charge in [-0.25, -0.2) is 8.42 Å². The summed E-state index contributed by atoms with van der Waals surface area (Å²) < 4.78 is 33.1. The number of nitrogens with zero attached hydrogens (tertiary/aromatic N) is 2. The summed E-state index contributed by atoms with van der Waals surface area (Å²) in [5, 5.41) is 2.94. The maximum atomic E-state index is 13.0. The highest BCUT2D eigenvalue weighted by Gasteiger charge is 2.44. The molecule has 2 aromatic rings. The second-order valence-electron chi connectivity index (χ2n) is 6.52. The van der Waals surface area contributed by atoms with Crippen molar-refractivity contribution in [2.24, 2.45) is 0 Å². The maximum Gasteiger partial charge on any atom is 0.247 e. The van der Waals surface area contributed by atoms with Gasteiger partial charge in [0.15, 0.2) is 0 Å². The molecule has 0 radical (unpaired) electrons. The molecule has 1 saturated heterocycles. The highest BCUT2D eigenvalue weighted by atomic mass is 32.2. The molecular weight excluding hydrogens is 354 g/mol. The molecule has 8 heteroatoms. The molecule has 1 N–H and O–H groups in total. The van der Waals surface area contributed by atoms with Gasteiger partial charge in [0, 0.05) is 25.0 Å². The standard InChI is InChI=1S/C18H19N3O4S/c22-18(9-13-5-7-19-8-6-13)20-14-10-15-12-25-16-3-1-2-4-17(16)26(23,24)21(15)11-14/h1-8,14-15H,9-12H2,(H,20,22)/t14-,15-/m0/s1. The summed E-state index contributed by atoms with van der Waals surface area (Å²) in [6.07, 6.45) is 4.07. The van der Waals surface area contributed by atoms with Crippen LogP contribution in [0.3, 0.4) is 0 Å². The molecule has 0 saturated carbocycles. The Bertz CT molecular complexity index is 917. The number of nitrogens with one attached hydrogen (secondary N) is 1. The number of pyridine rings is 1. The number of carbonyl (C=O) groups is 1. The van der Waals surface area contributed by atoms with Crippen molar-refractivity contribution in [2.75, 3.05) is 13.2 Å². The van der Waals surface area contributed by atoms with Crippen molar-refractivity contribution in [1.29, 1.82) is 0 Å². The van der Waals surface area contributed by atoms with E-state index in [9.17, 15) is 13.2 Å². The molecule has 2 aliphatic rings. The molecule has 3 heterocycles. The van der Waals surface area contributed by atoms with Gasteiger partial charge in [-0.15, -0.1) is 0 Å². The quantitative estimate of drug-likeness (QED) is 0.866. The van der Waals surface area contributed by atoms with Crippen LogP contribution in [0.25, 0.3) is 0 Å². The number of sulfonamides is 1. The number of hydrogen-bond donors (Lipinski definition) is 1. The van der Waals surface area contributed by atoms with E-state index in [1.165, 1.54) is 4.31 Å². The van der Waals surface area contributed by atoms with Crippen LogP contribution in [0.2, 0.25) is 0 Å². The molecule has 0 aliphatic carbocycles. The molecule has 2 aliphatic heterocycles.